The molecule has 1 saturated heterocycles. The number of aliphatic hydroxyl groups excluding tert-OH is 1. The number of ether oxygens (including phenoxy) is 1. The Kier molecular flexibility index (Phi) is 7.02. The third kappa shape index (κ3) is 5.01. The first-order valence-electron chi connectivity index (χ1n) is 8.63. The van der Waals surface area contributed by atoms with Gasteiger partial charge in [-0.25, -0.2) is 0 Å². The lowest BCUT2D eigenvalue weighted by Crippen LogP contribution is -2.44. The van der Waals surface area contributed by atoms with Crippen LogP contribution in [0.25, 0.3) is 0 Å². The average molecular weight is 324 g/mol. The van der Waals surface area contributed by atoms with Crippen molar-refractivity contribution in [2.45, 2.75) is 31.9 Å². The van der Waals surface area contributed by atoms with E-state index in [0.29, 0.717) is 25.1 Å². The Hall–Kier alpha value is -0.950. The number of hydrogen-bond donors (Lipinski definition) is 1. The zero-order valence-electron chi connectivity index (χ0n) is 15.0. The molecular weight excluding hydrogens is 292 g/mol. The Morgan fingerprint density at radius 3 is 2.91 bits per heavy atom. The summed E-state index contributed by atoms with van der Waals surface area (Å²) in [6.07, 6.45) is 6.19. The van der Waals surface area contributed by atoms with E-state index in [-0.39, 0.29) is 0 Å². The van der Waals surface area contributed by atoms with Gasteiger partial charge in [0.15, 0.2) is 0 Å². The third-order valence-electron chi connectivity index (χ3n) is 4.76. The van der Waals surface area contributed by atoms with Gasteiger partial charge < -0.3 is 14.7 Å². The zero-order chi connectivity index (χ0) is 16.8. The minimum absolute atomic E-state index is 0.391. The summed E-state index contributed by atoms with van der Waals surface area (Å²) in [6.45, 7) is 6.47. The van der Waals surface area contributed by atoms with E-state index in [1.165, 1.54) is 18.4 Å². The van der Waals surface area contributed by atoms with E-state index >= 15 is 0 Å². The second kappa shape index (κ2) is 8.78. The van der Waals surface area contributed by atoms with Gasteiger partial charge in [-0.2, -0.15) is 5.10 Å². The molecule has 3 atom stereocenters. The first-order valence-corrected chi connectivity index (χ1v) is 8.63. The number of piperidine rings is 1. The number of aryl methyl sites for hydroxylation is 1. The monoisotopic (exact) mass is 324 g/mol. The lowest BCUT2D eigenvalue weighted by atomic mass is 9.85. The summed E-state index contributed by atoms with van der Waals surface area (Å²) in [6, 6.07) is 0.421. The number of rotatable bonds is 8. The van der Waals surface area contributed by atoms with Crippen LogP contribution in [-0.2, 0) is 11.8 Å². The van der Waals surface area contributed by atoms with Crippen LogP contribution in [0, 0.1) is 5.92 Å². The number of hydrogen-bond acceptors (Lipinski definition) is 5. The van der Waals surface area contributed by atoms with Gasteiger partial charge in [0.05, 0.1) is 18.9 Å². The van der Waals surface area contributed by atoms with Crippen LogP contribution in [0.1, 0.15) is 31.4 Å². The first kappa shape index (κ1) is 18.4. The summed E-state index contributed by atoms with van der Waals surface area (Å²) in [7, 11) is 5.69. The molecule has 1 aliphatic heterocycles. The molecule has 0 spiro atoms. The lowest BCUT2D eigenvalue weighted by Gasteiger charge is -2.42. The van der Waals surface area contributed by atoms with Crippen LogP contribution in [0.4, 0.5) is 0 Å². The number of nitrogens with zero attached hydrogens (tertiary/aromatic N) is 4. The van der Waals surface area contributed by atoms with Gasteiger partial charge in [0.25, 0.3) is 0 Å². The van der Waals surface area contributed by atoms with Crippen molar-refractivity contribution in [2.24, 2.45) is 13.0 Å². The SMILES string of the molecule is CCN1CCC[C@@H](CN(C)C[C@@H](O)COC)[C@@H]1c1cnn(C)c1. The molecule has 1 aromatic rings. The number of likely N-dealkylation sites (tertiary alicyclic amines) is 1. The number of likely N-dealkylation sites (N-methyl/N-ethyl adjacent to an activating group) is 1. The van der Waals surface area contributed by atoms with E-state index in [1.54, 1.807) is 7.11 Å². The molecule has 1 aromatic heterocycles. The number of methoxy groups -OCH3 is 1. The zero-order valence-corrected chi connectivity index (χ0v) is 15.0. The molecule has 132 valence electrons. The predicted octanol–water partition coefficient (Wildman–Crippen LogP) is 1.13. The van der Waals surface area contributed by atoms with Crippen molar-refractivity contribution in [1.82, 2.24) is 19.6 Å². The minimum Gasteiger partial charge on any atom is -0.389 e. The van der Waals surface area contributed by atoms with Gasteiger partial charge in [-0.3, -0.25) is 9.58 Å². The summed E-state index contributed by atoms with van der Waals surface area (Å²) in [5.74, 6) is 0.563. The molecule has 1 aliphatic rings. The molecule has 0 amide bonds. The molecule has 2 rings (SSSR count). The van der Waals surface area contributed by atoms with Crippen LogP contribution < -0.4 is 0 Å². The predicted molar refractivity (Wildman–Crippen MR) is 91.3 cm³/mol. The fourth-order valence-electron chi connectivity index (χ4n) is 3.85. The van der Waals surface area contributed by atoms with Crippen LogP contribution >= 0.6 is 0 Å². The Balaban J connectivity index is 2.04. The lowest BCUT2D eigenvalue weighted by molar-refractivity contribution is 0.0275. The van der Waals surface area contributed by atoms with Crippen molar-refractivity contribution in [2.75, 3.05) is 46.9 Å². The van der Waals surface area contributed by atoms with Crippen molar-refractivity contribution in [3.05, 3.63) is 18.0 Å². The molecule has 0 bridgehead atoms. The van der Waals surface area contributed by atoms with Gasteiger partial charge in [0.2, 0.25) is 0 Å². The highest BCUT2D eigenvalue weighted by Gasteiger charge is 2.33. The number of aliphatic hydroxyl groups is 1. The molecule has 1 fully saturated rings. The van der Waals surface area contributed by atoms with E-state index < -0.39 is 6.10 Å². The largest absolute Gasteiger partial charge is 0.389 e. The van der Waals surface area contributed by atoms with Crippen molar-refractivity contribution >= 4 is 0 Å². The fraction of sp³-hybridized carbons (Fsp3) is 0.824. The quantitative estimate of drug-likeness (QED) is 0.777. The Labute approximate surface area is 140 Å². The number of aromatic nitrogens is 2. The highest BCUT2D eigenvalue weighted by molar-refractivity contribution is 5.13. The van der Waals surface area contributed by atoms with E-state index in [2.05, 4.69) is 35.1 Å². The smallest absolute Gasteiger partial charge is 0.0899 e. The Morgan fingerprint density at radius 2 is 2.30 bits per heavy atom. The second-order valence-corrected chi connectivity index (χ2v) is 6.75. The minimum atomic E-state index is -0.423. The van der Waals surface area contributed by atoms with Crippen molar-refractivity contribution in [3.63, 3.8) is 0 Å². The highest BCUT2D eigenvalue weighted by atomic mass is 16.5. The van der Waals surface area contributed by atoms with E-state index in [4.69, 9.17) is 4.74 Å². The van der Waals surface area contributed by atoms with Gasteiger partial charge in [0, 0.05) is 45.0 Å². The summed E-state index contributed by atoms with van der Waals surface area (Å²) in [4.78, 5) is 4.79. The van der Waals surface area contributed by atoms with Crippen molar-refractivity contribution < 1.29 is 9.84 Å². The maximum Gasteiger partial charge on any atom is 0.0899 e. The van der Waals surface area contributed by atoms with Gasteiger partial charge in [0.1, 0.15) is 0 Å². The van der Waals surface area contributed by atoms with Crippen molar-refractivity contribution in [3.8, 4) is 0 Å². The third-order valence-corrected chi connectivity index (χ3v) is 4.76. The average Bonchev–Trinajstić information content (AvgIpc) is 2.93. The van der Waals surface area contributed by atoms with Gasteiger partial charge in [-0.1, -0.05) is 6.92 Å². The summed E-state index contributed by atoms with van der Waals surface area (Å²) in [5.41, 5.74) is 1.31. The van der Waals surface area contributed by atoms with Crippen molar-refractivity contribution in [1.29, 1.82) is 0 Å². The maximum absolute atomic E-state index is 9.94. The fourth-order valence-corrected chi connectivity index (χ4v) is 3.85. The van der Waals surface area contributed by atoms with Crippen LogP contribution in [0.3, 0.4) is 0 Å². The van der Waals surface area contributed by atoms with Crippen LogP contribution in [-0.4, -0.2) is 77.7 Å². The molecule has 2 heterocycles. The van der Waals surface area contributed by atoms with E-state index in [0.717, 1.165) is 19.6 Å². The van der Waals surface area contributed by atoms with E-state index in [9.17, 15) is 5.11 Å². The maximum atomic E-state index is 9.94. The van der Waals surface area contributed by atoms with Gasteiger partial charge in [-0.05, 0) is 38.9 Å². The summed E-state index contributed by atoms with van der Waals surface area (Å²) >= 11 is 0. The Morgan fingerprint density at radius 1 is 1.52 bits per heavy atom. The molecular formula is C17H32N4O2. The summed E-state index contributed by atoms with van der Waals surface area (Å²) in [5, 5.41) is 14.3. The molecule has 0 unspecified atom stereocenters. The Bertz CT molecular complexity index is 465. The molecule has 0 aromatic carbocycles. The molecule has 23 heavy (non-hydrogen) atoms. The van der Waals surface area contributed by atoms with Crippen LogP contribution in [0.15, 0.2) is 12.4 Å². The molecule has 6 nitrogen and oxygen atoms in total. The van der Waals surface area contributed by atoms with Gasteiger partial charge in [-0.15, -0.1) is 0 Å². The van der Waals surface area contributed by atoms with E-state index in [1.807, 2.05) is 17.9 Å². The molecule has 0 aliphatic carbocycles. The molecule has 0 radical (unpaired) electrons. The molecule has 6 heteroatoms. The normalized spacial score (nSPS) is 24.3. The summed E-state index contributed by atoms with van der Waals surface area (Å²) < 4.78 is 6.92. The molecule has 1 N–H and O–H groups in total. The van der Waals surface area contributed by atoms with Gasteiger partial charge >= 0.3 is 0 Å². The standard InChI is InChI=1S/C17H32N4O2/c1-5-21-8-6-7-14(10-19(2)12-16(22)13-23-4)17(21)15-9-18-20(3)11-15/h9,11,14,16-17,22H,5-8,10,12-13H2,1-4H3/t14-,16+,17+/m0/s1. The topological polar surface area (TPSA) is 53.8 Å². The van der Waals surface area contributed by atoms with Crippen LogP contribution in [0.5, 0.6) is 0 Å². The second-order valence-electron chi connectivity index (χ2n) is 6.75. The highest BCUT2D eigenvalue weighted by Crippen LogP contribution is 2.36. The first-order chi connectivity index (χ1) is 11.0. The molecule has 0 saturated carbocycles. The van der Waals surface area contributed by atoms with Crippen LogP contribution in [0.2, 0.25) is 0 Å².